The predicted octanol–water partition coefficient (Wildman–Crippen LogP) is 2.81. The highest BCUT2D eigenvalue weighted by atomic mass is 32.1. The number of methoxy groups -OCH3 is 1. The molecule has 6 heteroatoms. The number of nitrogens with one attached hydrogen (secondary N) is 1. The fourth-order valence-corrected chi connectivity index (χ4v) is 2.64. The lowest BCUT2D eigenvalue weighted by Gasteiger charge is -2.05. The molecule has 1 aromatic carbocycles. The van der Waals surface area contributed by atoms with E-state index >= 15 is 0 Å². The highest BCUT2D eigenvalue weighted by Gasteiger charge is 2.13. The summed E-state index contributed by atoms with van der Waals surface area (Å²) < 4.78 is 5.17. The molecule has 0 spiro atoms. The average molecular weight is 292 g/mol. The number of rotatable bonds is 6. The molecule has 0 radical (unpaired) electrons. The number of aryl methyl sites for hydroxylation is 1. The number of benzene rings is 1. The number of carbonyl (C=O) groups is 1. The molecule has 20 heavy (non-hydrogen) atoms. The van der Waals surface area contributed by atoms with Gasteiger partial charge in [-0.25, -0.2) is 9.78 Å². The monoisotopic (exact) mass is 292 g/mol. The van der Waals surface area contributed by atoms with Gasteiger partial charge in [-0.3, -0.25) is 0 Å². The SMILES string of the molecule is COc1cccc(CCNc2nc(C)c(C(=O)O)s2)c1. The molecule has 0 unspecified atom stereocenters. The maximum atomic E-state index is 10.9. The summed E-state index contributed by atoms with van der Waals surface area (Å²) >= 11 is 1.16. The molecule has 5 nitrogen and oxygen atoms in total. The van der Waals surface area contributed by atoms with Crippen LogP contribution in [-0.4, -0.2) is 29.7 Å². The summed E-state index contributed by atoms with van der Waals surface area (Å²) in [5, 5.41) is 12.8. The number of aromatic carboxylic acids is 1. The molecule has 2 rings (SSSR count). The molecule has 0 saturated carbocycles. The van der Waals surface area contributed by atoms with E-state index in [1.807, 2.05) is 24.3 Å². The molecule has 1 heterocycles. The van der Waals surface area contributed by atoms with Crippen LogP contribution in [0.1, 0.15) is 20.9 Å². The molecule has 0 bridgehead atoms. The molecule has 1 aromatic heterocycles. The third kappa shape index (κ3) is 3.48. The summed E-state index contributed by atoms with van der Waals surface area (Å²) in [4.78, 5) is 15.4. The smallest absolute Gasteiger partial charge is 0.347 e. The van der Waals surface area contributed by atoms with E-state index in [4.69, 9.17) is 9.84 Å². The molecule has 2 N–H and O–H groups in total. The molecular weight excluding hydrogens is 276 g/mol. The highest BCUT2D eigenvalue weighted by molar-refractivity contribution is 7.17. The van der Waals surface area contributed by atoms with E-state index in [2.05, 4.69) is 10.3 Å². The summed E-state index contributed by atoms with van der Waals surface area (Å²) in [6.07, 6.45) is 0.818. The minimum atomic E-state index is -0.930. The Balaban J connectivity index is 1.92. The normalized spacial score (nSPS) is 10.3. The maximum absolute atomic E-state index is 10.9. The van der Waals surface area contributed by atoms with Crippen LogP contribution in [0.5, 0.6) is 5.75 Å². The summed E-state index contributed by atoms with van der Waals surface area (Å²) in [5.74, 6) is -0.0957. The summed E-state index contributed by atoms with van der Waals surface area (Å²) in [6.45, 7) is 2.40. The van der Waals surface area contributed by atoms with Crippen molar-refractivity contribution < 1.29 is 14.6 Å². The third-order valence-corrected chi connectivity index (χ3v) is 3.92. The first kappa shape index (κ1) is 14.3. The van der Waals surface area contributed by atoms with Crippen molar-refractivity contribution in [3.05, 3.63) is 40.4 Å². The van der Waals surface area contributed by atoms with Crippen LogP contribution in [-0.2, 0) is 6.42 Å². The minimum absolute atomic E-state index is 0.286. The topological polar surface area (TPSA) is 71.5 Å². The van der Waals surface area contributed by atoms with Crippen LogP contribution in [0.2, 0.25) is 0 Å². The van der Waals surface area contributed by atoms with Gasteiger partial charge in [-0.05, 0) is 31.0 Å². The lowest BCUT2D eigenvalue weighted by molar-refractivity contribution is 0.0701. The molecule has 0 amide bonds. The van der Waals surface area contributed by atoms with E-state index in [0.717, 1.165) is 29.1 Å². The number of hydrogen-bond donors (Lipinski definition) is 2. The van der Waals surface area contributed by atoms with Gasteiger partial charge < -0.3 is 15.2 Å². The van der Waals surface area contributed by atoms with E-state index in [0.29, 0.717) is 17.4 Å². The van der Waals surface area contributed by atoms with E-state index in [1.165, 1.54) is 0 Å². The third-order valence-electron chi connectivity index (χ3n) is 2.81. The molecular formula is C14H16N2O3S. The van der Waals surface area contributed by atoms with Crippen molar-refractivity contribution in [2.45, 2.75) is 13.3 Å². The summed E-state index contributed by atoms with van der Waals surface area (Å²) in [6, 6.07) is 7.86. The van der Waals surface area contributed by atoms with Crippen molar-refractivity contribution >= 4 is 22.4 Å². The van der Waals surface area contributed by atoms with Crippen LogP contribution < -0.4 is 10.1 Å². The summed E-state index contributed by atoms with van der Waals surface area (Å²) in [7, 11) is 1.64. The van der Waals surface area contributed by atoms with Gasteiger partial charge in [0, 0.05) is 6.54 Å². The Morgan fingerprint density at radius 3 is 2.95 bits per heavy atom. The van der Waals surface area contributed by atoms with Crippen molar-refractivity contribution in [3.63, 3.8) is 0 Å². The van der Waals surface area contributed by atoms with Crippen molar-refractivity contribution in [2.24, 2.45) is 0 Å². The first-order valence-electron chi connectivity index (χ1n) is 6.17. The van der Waals surface area contributed by atoms with Gasteiger partial charge in [0.15, 0.2) is 5.13 Å². The second kappa shape index (κ2) is 6.38. The van der Waals surface area contributed by atoms with E-state index in [9.17, 15) is 4.79 Å². The van der Waals surface area contributed by atoms with Gasteiger partial charge in [0.1, 0.15) is 10.6 Å². The Hall–Kier alpha value is -2.08. The van der Waals surface area contributed by atoms with Crippen LogP contribution in [0.4, 0.5) is 5.13 Å². The molecule has 0 saturated heterocycles. The number of thiazole rings is 1. The quantitative estimate of drug-likeness (QED) is 0.856. The zero-order chi connectivity index (χ0) is 14.5. The van der Waals surface area contributed by atoms with Gasteiger partial charge in [-0.1, -0.05) is 23.5 Å². The Morgan fingerprint density at radius 1 is 1.50 bits per heavy atom. The first-order valence-corrected chi connectivity index (χ1v) is 6.99. The highest BCUT2D eigenvalue weighted by Crippen LogP contribution is 2.22. The van der Waals surface area contributed by atoms with Crippen LogP contribution in [0.3, 0.4) is 0 Å². The van der Waals surface area contributed by atoms with Gasteiger partial charge in [-0.15, -0.1) is 0 Å². The number of hydrogen-bond acceptors (Lipinski definition) is 5. The molecule has 0 atom stereocenters. The molecule has 106 valence electrons. The van der Waals surface area contributed by atoms with Gasteiger partial charge in [0.2, 0.25) is 0 Å². The number of carboxylic acids is 1. The lowest BCUT2D eigenvalue weighted by atomic mass is 10.1. The number of carboxylic acid groups (broad SMARTS) is 1. The van der Waals surface area contributed by atoms with E-state index in [1.54, 1.807) is 14.0 Å². The molecule has 0 fully saturated rings. The number of nitrogens with zero attached hydrogens (tertiary/aromatic N) is 1. The Bertz CT molecular complexity index is 610. The number of anilines is 1. The van der Waals surface area contributed by atoms with Crippen LogP contribution in [0.25, 0.3) is 0 Å². The molecule has 2 aromatic rings. The predicted molar refractivity (Wildman–Crippen MR) is 79.0 cm³/mol. The Kier molecular flexibility index (Phi) is 4.57. The standard InChI is InChI=1S/C14H16N2O3S/c1-9-12(13(17)18)20-14(16-9)15-7-6-10-4-3-5-11(8-10)19-2/h3-5,8H,6-7H2,1-2H3,(H,15,16)(H,17,18). The molecule has 0 aliphatic rings. The fourth-order valence-electron chi connectivity index (χ4n) is 1.81. The van der Waals surface area contributed by atoms with Crippen LogP contribution >= 0.6 is 11.3 Å². The van der Waals surface area contributed by atoms with Gasteiger partial charge in [0.05, 0.1) is 12.8 Å². The van der Waals surface area contributed by atoms with Crippen molar-refractivity contribution in [1.29, 1.82) is 0 Å². The second-order valence-electron chi connectivity index (χ2n) is 4.27. The average Bonchev–Trinajstić information content (AvgIpc) is 2.80. The van der Waals surface area contributed by atoms with Gasteiger partial charge >= 0.3 is 5.97 Å². The lowest BCUT2D eigenvalue weighted by Crippen LogP contribution is -2.04. The first-order chi connectivity index (χ1) is 9.60. The Morgan fingerprint density at radius 2 is 2.30 bits per heavy atom. The Labute approximate surface area is 121 Å². The van der Waals surface area contributed by atoms with Crippen LogP contribution in [0.15, 0.2) is 24.3 Å². The van der Waals surface area contributed by atoms with Crippen LogP contribution in [0, 0.1) is 6.92 Å². The molecule has 0 aliphatic heterocycles. The number of aromatic nitrogens is 1. The zero-order valence-corrected chi connectivity index (χ0v) is 12.2. The maximum Gasteiger partial charge on any atom is 0.347 e. The minimum Gasteiger partial charge on any atom is -0.497 e. The van der Waals surface area contributed by atoms with E-state index < -0.39 is 5.97 Å². The fraction of sp³-hybridized carbons (Fsp3) is 0.286. The van der Waals surface area contributed by atoms with Crippen molar-refractivity contribution in [3.8, 4) is 5.75 Å². The summed E-state index contributed by atoms with van der Waals surface area (Å²) in [5.41, 5.74) is 1.70. The largest absolute Gasteiger partial charge is 0.497 e. The van der Waals surface area contributed by atoms with Crippen molar-refractivity contribution in [2.75, 3.05) is 19.0 Å². The second-order valence-corrected chi connectivity index (χ2v) is 5.27. The van der Waals surface area contributed by atoms with Gasteiger partial charge in [-0.2, -0.15) is 0 Å². The number of ether oxygens (including phenoxy) is 1. The van der Waals surface area contributed by atoms with Crippen molar-refractivity contribution in [1.82, 2.24) is 4.98 Å². The zero-order valence-electron chi connectivity index (χ0n) is 11.3. The van der Waals surface area contributed by atoms with Gasteiger partial charge in [0.25, 0.3) is 0 Å². The van der Waals surface area contributed by atoms with E-state index in [-0.39, 0.29) is 4.88 Å². The molecule has 0 aliphatic carbocycles.